The average molecular weight is 385 g/mol. The third-order valence-electron chi connectivity index (χ3n) is 4.15. The van der Waals surface area contributed by atoms with Crippen LogP contribution in [0.5, 0.6) is 0 Å². The van der Waals surface area contributed by atoms with Crippen molar-refractivity contribution >= 4 is 23.4 Å². The van der Waals surface area contributed by atoms with Gasteiger partial charge in [-0.1, -0.05) is 13.8 Å². The molecule has 0 heterocycles. The molecular formula is C21H24FN3O3. The van der Waals surface area contributed by atoms with Crippen molar-refractivity contribution in [2.75, 3.05) is 19.4 Å². The second-order valence-electron chi connectivity index (χ2n) is 6.97. The molecular weight excluding hydrogens is 361 g/mol. The number of anilines is 1. The number of halogens is 1. The molecule has 2 aromatic carbocycles. The summed E-state index contributed by atoms with van der Waals surface area (Å²) in [7, 11) is 3.32. The van der Waals surface area contributed by atoms with E-state index in [0.717, 1.165) is 0 Å². The molecule has 2 N–H and O–H groups in total. The van der Waals surface area contributed by atoms with Gasteiger partial charge in [0.2, 0.25) is 5.91 Å². The van der Waals surface area contributed by atoms with E-state index in [4.69, 9.17) is 0 Å². The summed E-state index contributed by atoms with van der Waals surface area (Å²) in [6, 6.07) is 10.8. The van der Waals surface area contributed by atoms with Crippen LogP contribution in [0.25, 0.3) is 0 Å². The maximum atomic E-state index is 13.0. The highest BCUT2D eigenvalue weighted by molar-refractivity contribution is 6.01. The molecule has 7 heteroatoms. The Balaban J connectivity index is 2.07. The summed E-state index contributed by atoms with van der Waals surface area (Å²) in [5.74, 6) is -1.58. The summed E-state index contributed by atoms with van der Waals surface area (Å²) in [6.07, 6.45) is 0. The molecule has 2 aromatic rings. The quantitative estimate of drug-likeness (QED) is 0.803. The molecule has 0 fully saturated rings. The van der Waals surface area contributed by atoms with Gasteiger partial charge in [-0.05, 0) is 54.4 Å². The van der Waals surface area contributed by atoms with Crippen molar-refractivity contribution < 1.29 is 18.8 Å². The molecule has 0 aliphatic heterocycles. The van der Waals surface area contributed by atoms with Crippen molar-refractivity contribution in [2.24, 2.45) is 5.92 Å². The predicted octanol–water partition coefficient (Wildman–Crippen LogP) is 2.92. The Labute approximate surface area is 163 Å². The maximum Gasteiger partial charge on any atom is 0.253 e. The number of rotatable bonds is 6. The van der Waals surface area contributed by atoms with Gasteiger partial charge in [-0.3, -0.25) is 14.4 Å². The first kappa shape index (κ1) is 21.1. The smallest absolute Gasteiger partial charge is 0.253 e. The highest BCUT2D eigenvalue weighted by atomic mass is 19.1. The highest BCUT2D eigenvalue weighted by Gasteiger charge is 2.25. The van der Waals surface area contributed by atoms with Gasteiger partial charge in [-0.15, -0.1) is 0 Å². The molecule has 0 radical (unpaired) electrons. The van der Waals surface area contributed by atoms with Crippen molar-refractivity contribution in [1.82, 2.24) is 10.2 Å². The number of benzene rings is 2. The van der Waals surface area contributed by atoms with E-state index in [2.05, 4.69) is 10.6 Å². The van der Waals surface area contributed by atoms with Gasteiger partial charge >= 0.3 is 0 Å². The van der Waals surface area contributed by atoms with Crippen LogP contribution in [0.1, 0.15) is 34.6 Å². The number of carbonyl (C=O) groups is 3. The van der Waals surface area contributed by atoms with Crippen LogP contribution < -0.4 is 10.6 Å². The number of hydrogen-bond donors (Lipinski definition) is 2. The van der Waals surface area contributed by atoms with Crippen molar-refractivity contribution in [1.29, 1.82) is 0 Å². The van der Waals surface area contributed by atoms with E-state index < -0.39 is 17.8 Å². The molecule has 0 aliphatic carbocycles. The SMILES string of the molecule is CC(C)C(NC(=O)c1ccc(F)cc1)C(=O)Nc1ccc(C(=O)N(C)C)cc1. The fourth-order valence-electron chi connectivity index (χ4n) is 2.54. The summed E-state index contributed by atoms with van der Waals surface area (Å²) >= 11 is 0. The van der Waals surface area contributed by atoms with Crippen LogP contribution in [0.15, 0.2) is 48.5 Å². The molecule has 6 nitrogen and oxygen atoms in total. The molecule has 3 amide bonds. The summed E-state index contributed by atoms with van der Waals surface area (Å²) in [4.78, 5) is 38.4. The molecule has 0 saturated carbocycles. The Morgan fingerprint density at radius 2 is 1.43 bits per heavy atom. The molecule has 0 saturated heterocycles. The molecule has 0 aliphatic rings. The van der Waals surface area contributed by atoms with E-state index in [1.165, 1.54) is 29.2 Å². The van der Waals surface area contributed by atoms with Crippen LogP contribution in [0.2, 0.25) is 0 Å². The van der Waals surface area contributed by atoms with Crippen molar-refractivity contribution in [3.8, 4) is 0 Å². The standard InChI is InChI=1S/C21H24FN3O3/c1-13(2)18(24-19(26)14-5-9-16(22)10-6-14)20(27)23-17-11-7-15(8-12-17)21(28)25(3)4/h5-13,18H,1-4H3,(H,23,27)(H,24,26). The zero-order chi connectivity index (χ0) is 20.8. The third kappa shape index (κ3) is 5.39. The van der Waals surface area contributed by atoms with Crippen molar-refractivity contribution in [3.63, 3.8) is 0 Å². The average Bonchev–Trinajstić information content (AvgIpc) is 2.66. The minimum atomic E-state index is -0.777. The lowest BCUT2D eigenvalue weighted by molar-refractivity contribution is -0.118. The number of carbonyl (C=O) groups excluding carboxylic acids is 3. The molecule has 0 bridgehead atoms. The maximum absolute atomic E-state index is 13.0. The molecule has 1 unspecified atom stereocenters. The Bertz CT molecular complexity index is 846. The zero-order valence-corrected chi connectivity index (χ0v) is 16.3. The van der Waals surface area contributed by atoms with Crippen LogP contribution in [0.4, 0.5) is 10.1 Å². The van der Waals surface area contributed by atoms with Gasteiger partial charge < -0.3 is 15.5 Å². The number of hydrogen-bond acceptors (Lipinski definition) is 3. The summed E-state index contributed by atoms with van der Waals surface area (Å²) in [6.45, 7) is 3.63. The summed E-state index contributed by atoms with van der Waals surface area (Å²) in [5, 5.41) is 5.43. The fraction of sp³-hybridized carbons (Fsp3) is 0.286. The first-order valence-corrected chi connectivity index (χ1v) is 8.88. The number of nitrogens with zero attached hydrogens (tertiary/aromatic N) is 1. The van der Waals surface area contributed by atoms with Gasteiger partial charge in [-0.25, -0.2) is 4.39 Å². The van der Waals surface area contributed by atoms with Gasteiger partial charge in [-0.2, -0.15) is 0 Å². The van der Waals surface area contributed by atoms with E-state index >= 15 is 0 Å². The largest absolute Gasteiger partial charge is 0.345 e. The van der Waals surface area contributed by atoms with E-state index in [-0.39, 0.29) is 23.3 Å². The van der Waals surface area contributed by atoms with Gasteiger partial charge in [0.05, 0.1) is 0 Å². The zero-order valence-electron chi connectivity index (χ0n) is 16.3. The van der Waals surface area contributed by atoms with Gasteiger partial charge in [0.1, 0.15) is 11.9 Å². The van der Waals surface area contributed by atoms with Crippen LogP contribution in [-0.2, 0) is 4.79 Å². The van der Waals surface area contributed by atoms with E-state index in [9.17, 15) is 18.8 Å². The summed E-state index contributed by atoms with van der Waals surface area (Å²) < 4.78 is 13.0. The molecule has 0 aromatic heterocycles. The van der Waals surface area contributed by atoms with Crippen molar-refractivity contribution in [3.05, 3.63) is 65.5 Å². The Morgan fingerprint density at radius 3 is 1.93 bits per heavy atom. The predicted molar refractivity (Wildman–Crippen MR) is 106 cm³/mol. The molecule has 148 valence electrons. The second-order valence-corrected chi connectivity index (χ2v) is 6.97. The minimum absolute atomic E-state index is 0.135. The highest BCUT2D eigenvalue weighted by Crippen LogP contribution is 2.13. The van der Waals surface area contributed by atoms with Gasteiger partial charge in [0.15, 0.2) is 0 Å². The lowest BCUT2D eigenvalue weighted by Gasteiger charge is -2.22. The Kier molecular flexibility index (Phi) is 6.87. The second kappa shape index (κ2) is 9.12. The van der Waals surface area contributed by atoms with Crippen LogP contribution in [0, 0.1) is 11.7 Å². The monoisotopic (exact) mass is 385 g/mol. The van der Waals surface area contributed by atoms with Crippen LogP contribution in [-0.4, -0.2) is 42.8 Å². The first-order valence-electron chi connectivity index (χ1n) is 8.88. The Hall–Kier alpha value is -3.22. The molecule has 2 rings (SSSR count). The first-order chi connectivity index (χ1) is 13.2. The lowest BCUT2D eigenvalue weighted by Crippen LogP contribution is -2.47. The van der Waals surface area contributed by atoms with Gasteiger partial charge in [0.25, 0.3) is 11.8 Å². The van der Waals surface area contributed by atoms with Crippen LogP contribution in [0.3, 0.4) is 0 Å². The lowest BCUT2D eigenvalue weighted by atomic mass is 10.0. The van der Waals surface area contributed by atoms with E-state index in [0.29, 0.717) is 11.3 Å². The normalized spacial score (nSPS) is 11.6. The Morgan fingerprint density at radius 1 is 0.893 bits per heavy atom. The van der Waals surface area contributed by atoms with Gasteiger partial charge in [0, 0.05) is 30.9 Å². The van der Waals surface area contributed by atoms with E-state index in [1.807, 2.05) is 13.8 Å². The van der Waals surface area contributed by atoms with E-state index in [1.54, 1.807) is 38.4 Å². The fourth-order valence-corrected chi connectivity index (χ4v) is 2.54. The third-order valence-corrected chi connectivity index (χ3v) is 4.15. The summed E-state index contributed by atoms with van der Waals surface area (Å²) in [5.41, 5.74) is 1.29. The molecule has 28 heavy (non-hydrogen) atoms. The van der Waals surface area contributed by atoms with Crippen molar-refractivity contribution in [2.45, 2.75) is 19.9 Å². The minimum Gasteiger partial charge on any atom is -0.345 e. The number of nitrogens with one attached hydrogen (secondary N) is 2. The van der Waals surface area contributed by atoms with Crippen LogP contribution >= 0.6 is 0 Å². The topological polar surface area (TPSA) is 78.5 Å². The molecule has 1 atom stereocenters. The number of amides is 3. The molecule has 0 spiro atoms.